The first-order chi connectivity index (χ1) is 9.76. The highest BCUT2D eigenvalue weighted by Gasteiger charge is 2.22. The van der Waals surface area contributed by atoms with Gasteiger partial charge in [0, 0.05) is 25.4 Å². The molecule has 0 atom stereocenters. The van der Waals surface area contributed by atoms with Crippen LogP contribution in [0, 0.1) is 0 Å². The Morgan fingerprint density at radius 1 is 1.30 bits per heavy atom. The van der Waals surface area contributed by atoms with E-state index < -0.39 is 0 Å². The van der Waals surface area contributed by atoms with Gasteiger partial charge >= 0.3 is 0 Å². The molecule has 0 N–H and O–H groups in total. The maximum Gasteiger partial charge on any atom is 0.218 e. The molecule has 0 bridgehead atoms. The molecule has 3 heterocycles. The van der Waals surface area contributed by atoms with Gasteiger partial charge in [0.1, 0.15) is 12.1 Å². The van der Waals surface area contributed by atoms with E-state index in [-0.39, 0.29) is 0 Å². The van der Waals surface area contributed by atoms with E-state index in [4.69, 9.17) is 4.74 Å². The van der Waals surface area contributed by atoms with E-state index >= 15 is 0 Å². The second-order valence-electron chi connectivity index (χ2n) is 4.78. The summed E-state index contributed by atoms with van der Waals surface area (Å²) in [4.78, 5) is 10.6. The van der Waals surface area contributed by atoms with Gasteiger partial charge in [0.2, 0.25) is 5.88 Å². The summed E-state index contributed by atoms with van der Waals surface area (Å²) in [5.74, 6) is 1.53. The van der Waals surface area contributed by atoms with E-state index in [0.717, 1.165) is 36.2 Å². The van der Waals surface area contributed by atoms with Crippen molar-refractivity contribution in [2.24, 2.45) is 0 Å². The van der Waals surface area contributed by atoms with Gasteiger partial charge in [-0.3, -0.25) is 4.68 Å². The van der Waals surface area contributed by atoms with Crippen molar-refractivity contribution >= 4 is 21.7 Å². The van der Waals surface area contributed by atoms with Gasteiger partial charge in [0.15, 0.2) is 0 Å². The SMILES string of the molecule is COc1cc(N2CCC(n3cc(Br)cn3)CC2)ncn1. The van der Waals surface area contributed by atoms with Crippen molar-refractivity contribution < 1.29 is 4.74 Å². The zero-order chi connectivity index (χ0) is 13.9. The maximum absolute atomic E-state index is 5.14. The second kappa shape index (κ2) is 5.78. The molecule has 2 aromatic heterocycles. The van der Waals surface area contributed by atoms with Gasteiger partial charge in [-0.2, -0.15) is 5.10 Å². The molecule has 0 radical (unpaired) electrons. The van der Waals surface area contributed by atoms with Crippen molar-refractivity contribution in [3.8, 4) is 5.88 Å². The number of rotatable bonds is 3. The topological polar surface area (TPSA) is 56.1 Å². The van der Waals surface area contributed by atoms with Crippen LogP contribution in [0.15, 0.2) is 29.3 Å². The predicted molar refractivity (Wildman–Crippen MR) is 79.0 cm³/mol. The first-order valence-electron chi connectivity index (χ1n) is 6.57. The molecule has 1 fully saturated rings. The van der Waals surface area contributed by atoms with Crippen LogP contribution in [0.4, 0.5) is 5.82 Å². The fourth-order valence-electron chi connectivity index (χ4n) is 2.49. The molecular formula is C13H16BrN5O. The standard InChI is InChI=1S/C13H16BrN5O/c1-20-13-6-12(15-9-16-13)18-4-2-11(3-5-18)19-8-10(14)7-17-19/h6-9,11H,2-5H2,1H3. The Balaban J connectivity index is 1.66. The molecule has 0 aromatic carbocycles. The van der Waals surface area contributed by atoms with Gasteiger partial charge in [-0.25, -0.2) is 9.97 Å². The summed E-state index contributed by atoms with van der Waals surface area (Å²) in [6.07, 6.45) is 7.53. The van der Waals surface area contributed by atoms with Gasteiger partial charge in [0.05, 0.1) is 23.8 Å². The normalized spacial score (nSPS) is 16.4. The third-order valence-electron chi connectivity index (χ3n) is 3.57. The third kappa shape index (κ3) is 2.77. The molecule has 1 aliphatic heterocycles. The number of halogens is 1. The smallest absolute Gasteiger partial charge is 0.218 e. The van der Waals surface area contributed by atoms with Crippen LogP contribution < -0.4 is 9.64 Å². The minimum Gasteiger partial charge on any atom is -0.481 e. The lowest BCUT2D eigenvalue weighted by Gasteiger charge is -2.32. The first kappa shape index (κ1) is 13.4. The molecule has 0 saturated carbocycles. The fraction of sp³-hybridized carbons (Fsp3) is 0.462. The minimum atomic E-state index is 0.460. The molecular weight excluding hydrogens is 322 g/mol. The number of ether oxygens (including phenoxy) is 1. The van der Waals surface area contributed by atoms with E-state index in [1.54, 1.807) is 13.4 Å². The Morgan fingerprint density at radius 2 is 2.10 bits per heavy atom. The molecule has 0 spiro atoms. The highest BCUT2D eigenvalue weighted by molar-refractivity contribution is 9.10. The molecule has 6 nitrogen and oxygen atoms in total. The molecule has 0 aliphatic carbocycles. The molecule has 2 aromatic rings. The minimum absolute atomic E-state index is 0.460. The molecule has 106 valence electrons. The van der Waals surface area contributed by atoms with Crippen LogP contribution >= 0.6 is 15.9 Å². The van der Waals surface area contributed by atoms with Gasteiger partial charge in [-0.1, -0.05) is 0 Å². The Labute approximate surface area is 125 Å². The zero-order valence-corrected chi connectivity index (χ0v) is 12.8. The summed E-state index contributed by atoms with van der Waals surface area (Å²) in [7, 11) is 1.62. The maximum atomic E-state index is 5.14. The van der Waals surface area contributed by atoms with E-state index in [1.807, 2.05) is 23.1 Å². The Bertz CT molecular complexity index is 580. The zero-order valence-electron chi connectivity index (χ0n) is 11.2. The predicted octanol–water partition coefficient (Wildman–Crippen LogP) is 2.29. The first-order valence-corrected chi connectivity index (χ1v) is 7.36. The number of piperidine rings is 1. The fourth-order valence-corrected chi connectivity index (χ4v) is 2.79. The summed E-state index contributed by atoms with van der Waals surface area (Å²) < 4.78 is 8.21. The highest BCUT2D eigenvalue weighted by Crippen LogP contribution is 2.26. The van der Waals surface area contributed by atoms with Crippen LogP contribution in [-0.2, 0) is 0 Å². The van der Waals surface area contributed by atoms with E-state index in [1.165, 1.54) is 0 Å². The van der Waals surface area contributed by atoms with Crippen molar-refractivity contribution in [3.63, 3.8) is 0 Å². The monoisotopic (exact) mass is 337 g/mol. The number of aromatic nitrogens is 4. The van der Waals surface area contributed by atoms with Gasteiger partial charge in [0.25, 0.3) is 0 Å². The van der Waals surface area contributed by atoms with Crippen LogP contribution in [0.3, 0.4) is 0 Å². The summed E-state index contributed by atoms with van der Waals surface area (Å²) in [5.41, 5.74) is 0. The number of nitrogens with zero attached hydrogens (tertiary/aromatic N) is 5. The Morgan fingerprint density at radius 3 is 2.75 bits per heavy atom. The van der Waals surface area contributed by atoms with Crippen LogP contribution in [0.1, 0.15) is 18.9 Å². The van der Waals surface area contributed by atoms with Crippen LogP contribution in [0.2, 0.25) is 0 Å². The van der Waals surface area contributed by atoms with E-state index in [0.29, 0.717) is 11.9 Å². The number of methoxy groups -OCH3 is 1. The van der Waals surface area contributed by atoms with Crippen molar-refractivity contribution in [2.45, 2.75) is 18.9 Å². The van der Waals surface area contributed by atoms with Crippen LogP contribution in [0.25, 0.3) is 0 Å². The van der Waals surface area contributed by atoms with Crippen molar-refractivity contribution in [3.05, 3.63) is 29.3 Å². The van der Waals surface area contributed by atoms with Gasteiger partial charge < -0.3 is 9.64 Å². The molecule has 20 heavy (non-hydrogen) atoms. The van der Waals surface area contributed by atoms with E-state index in [2.05, 4.69) is 35.9 Å². The van der Waals surface area contributed by atoms with Crippen molar-refractivity contribution in [2.75, 3.05) is 25.1 Å². The van der Waals surface area contributed by atoms with Crippen molar-refractivity contribution in [1.29, 1.82) is 0 Å². The number of hydrogen-bond acceptors (Lipinski definition) is 5. The van der Waals surface area contributed by atoms with Crippen LogP contribution in [0.5, 0.6) is 5.88 Å². The molecule has 1 saturated heterocycles. The van der Waals surface area contributed by atoms with Crippen molar-refractivity contribution in [1.82, 2.24) is 19.7 Å². The summed E-state index contributed by atoms with van der Waals surface area (Å²) >= 11 is 3.44. The molecule has 0 amide bonds. The largest absolute Gasteiger partial charge is 0.481 e. The molecule has 0 unspecified atom stereocenters. The molecule has 7 heteroatoms. The summed E-state index contributed by atoms with van der Waals surface area (Å²) in [6, 6.07) is 2.34. The number of anilines is 1. The van der Waals surface area contributed by atoms with Gasteiger partial charge in [-0.05, 0) is 28.8 Å². The quantitative estimate of drug-likeness (QED) is 0.859. The summed E-state index contributed by atoms with van der Waals surface area (Å²) in [5, 5.41) is 4.37. The average Bonchev–Trinajstić information content (AvgIpc) is 2.94. The summed E-state index contributed by atoms with van der Waals surface area (Å²) in [6.45, 7) is 1.92. The Kier molecular flexibility index (Phi) is 3.86. The average molecular weight is 338 g/mol. The molecule has 1 aliphatic rings. The molecule has 3 rings (SSSR count). The van der Waals surface area contributed by atoms with Gasteiger partial charge in [-0.15, -0.1) is 0 Å². The Hall–Kier alpha value is -1.63. The lowest BCUT2D eigenvalue weighted by Crippen LogP contribution is -2.35. The lowest BCUT2D eigenvalue weighted by atomic mass is 10.1. The van der Waals surface area contributed by atoms with E-state index in [9.17, 15) is 0 Å². The third-order valence-corrected chi connectivity index (χ3v) is 3.98. The van der Waals surface area contributed by atoms with Crippen LogP contribution in [-0.4, -0.2) is 39.9 Å². The second-order valence-corrected chi connectivity index (χ2v) is 5.69. The number of hydrogen-bond donors (Lipinski definition) is 0. The highest BCUT2D eigenvalue weighted by atomic mass is 79.9. The lowest BCUT2D eigenvalue weighted by molar-refractivity contribution is 0.364.